The van der Waals surface area contributed by atoms with Crippen molar-refractivity contribution in [2.24, 2.45) is 0 Å². The first-order chi connectivity index (χ1) is 8.24. The average Bonchev–Trinajstić information content (AvgIpc) is 2.37. The molecule has 3 heteroatoms. The van der Waals surface area contributed by atoms with E-state index in [2.05, 4.69) is 31.3 Å². The molecule has 0 heterocycles. The van der Waals surface area contributed by atoms with E-state index in [4.69, 9.17) is 0 Å². The molecule has 0 radical (unpaired) electrons. The fourth-order valence-corrected chi connectivity index (χ4v) is 2.75. The van der Waals surface area contributed by atoms with Crippen LogP contribution in [0.15, 0.2) is 12.2 Å². The summed E-state index contributed by atoms with van der Waals surface area (Å²) in [5, 5.41) is 15.4. The highest BCUT2D eigenvalue weighted by molar-refractivity contribution is 5.04. The summed E-state index contributed by atoms with van der Waals surface area (Å²) in [5.74, 6) is 0. The van der Waals surface area contributed by atoms with Crippen LogP contribution in [0.5, 0.6) is 0 Å². The molecule has 2 N–H and O–H groups in total. The number of hydroxylamine groups is 2. The summed E-state index contributed by atoms with van der Waals surface area (Å²) in [5.41, 5.74) is 0. The third-order valence-corrected chi connectivity index (χ3v) is 3.68. The minimum absolute atomic E-state index is 0.230. The molecule has 0 saturated carbocycles. The van der Waals surface area contributed by atoms with E-state index in [1.807, 2.05) is 7.05 Å². The van der Waals surface area contributed by atoms with Crippen LogP contribution in [0.2, 0.25) is 0 Å². The summed E-state index contributed by atoms with van der Waals surface area (Å²) >= 11 is 0. The Morgan fingerprint density at radius 1 is 1.35 bits per heavy atom. The molecule has 0 fully saturated rings. The lowest BCUT2D eigenvalue weighted by molar-refractivity contribution is -0.170. The normalized spacial score (nSPS) is 24.8. The molecule has 0 aromatic carbocycles. The van der Waals surface area contributed by atoms with Crippen LogP contribution in [0.25, 0.3) is 0 Å². The number of hydrogen-bond acceptors (Lipinski definition) is 3. The van der Waals surface area contributed by atoms with E-state index >= 15 is 0 Å². The van der Waals surface area contributed by atoms with Gasteiger partial charge in [0.1, 0.15) is 0 Å². The van der Waals surface area contributed by atoms with Gasteiger partial charge in [0.05, 0.1) is 6.04 Å². The van der Waals surface area contributed by atoms with Gasteiger partial charge in [-0.3, -0.25) is 0 Å². The lowest BCUT2D eigenvalue weighted by Crippen LogP contribution is -2.51. The Kier molecular flexibility index (Phi) is 6.78. The van der Waals surface area contributed by atoms with Crippen molar-refractivity contribution in [3.8, 4) is 0 Å². The Bertz CT molecular complexity index is 224. The summed E-state index contributed by atoms with van der Waals surface area (Å²) in [4.78, 5) is 0. The molecule has 2 atom stereocenters. The second-order valence-electron chi connectivity index (χ2n) is 5.00. The van der Waals surface area contributed by atoms with Crippen molar-refractivity contribution >= 4 is 0 Å². The molecule has 0 saturated heterocycles. The molecule has 0 spiro atoms. The number of nitrogens with zero attached hydrogens (tertiary/aromatic N) is 1. The van der Waals surface area contributed by atoms with E-state index in [0.29, 0.717) is 6.04 Å². The summed E-state index contributed by atoms with van der Waals surface area (Å²) in [6, 6.07) is 0.829. The van der Waals surface area contributed by atoms with Crippen molar-refractivity contribution in [2.45, 2.75) is 70.5 Å². The molecule has 0 aliphatic heterocycles. The van der Waals surface area contributed by atoms with Crippen molar-refractivity contribution in [1.29, 1.82) is 0 Å². The zero-order valence-electron chi connectivity index (χ0n) is 11.5. The van der Waals surface area contributed by atoms with E-state index in [1.54, 1.807) is 5.06 Å². The zero-order chi connectivity index (χ0) is 12.7. The predicted molar refractivity (Wildman–Crippen MR) is 72.2 cm³/mol. The summed E-state index contributed by atoms with van der Waals surface area (Å²) in [6.07, 6.45) is 10.9. The van der Waals surface area contributed by atoms with Crippen LogP contribution in [0, 0.1) is 0 Å². The van der Waals surface area contributed by atoms with Gasteiger partial charge >= 0.3 is 0 Å². The van der Waals surface area contributed by atoms with Crippen LogP contribution < -0.4 is 5.32 Å². The van der Waals surface area contributed by atoms with Crippen LogP contribution in [-0.4, -0.2) is 35.4 Å². The third-order valence-electron chi connectivity index (χ3n) is 3.68. The van der Waals surface area contributed by atoms with Gasteiger partial charge in [0.2, 0.25) is 0 Å². The van der Waals surface area contributed by atoms with E-state index in [9.17, 15) is 5.21 Å². The van der Waals surface area contributed by atoms with Gasteiger partial charge in [-0.05, 0) is 32.7 Å². The van der Waals surface area contributed by atoms with Crippen LogP contribution in [0.1, 0.15) is 52.4 Å². The molecule has 100 valence electrons. The lowest BCUT2D eigenvalue weighted by atomic mass is 9.94. The SMILES string of the molecule is CCCC(CCC)N(O)C1CCC=C[C@H]1NC. The Morgan fingerprint density at radius 2 is 2.00 bits per heavy atom. The Balaban J connectivity index is 2.63. The molecule has 1 aliphatic rings. The predicted octanol–water partition coefficient (Wildman–Crippen LogP) is 2.95. The van der Waals surface area contributed by atoms with Crippen molar-refractivity contribution in [1.82, 2.24) is 10.4 Å². The van der Waals surface area contributed by atoms with E-state index in [1.165, 1.54) is 0 Å². The number of hydrogen-bond donors (Lipinski definition) is 2. The number of rotatable bonds is 7. The quantitative estimate of drug-likeness (QED) is 0.530. The largest absolute Gasteiger partial charge is 0.313 e. The summed E-state index contributed by atoms with van der Waals surface area (Å²) in [6.45, 7) is 4.37. The molecule has 0 bridgehead atoms. The van der Waals surface area contributed by atoms with Gasteiger partial charge in [-0.2, -0.15) is 5.06 Å². The second-order valence-corrected chi connectivity index (χ2v) is 5.00. The number of allylic oxidation sites excluding steroid dienone is 1. The molecular weight excluding hydrogens is 212 g/mol. The molecule has 17 heavy (non-hydrogen) atoms. The number of likely N-dealkylation sites (N-methyl/N-ethyl adjacent to an activating group) is 1. The summed E-state index contributed by atoms with van der Waals surface area (Å²) in [7, 11) is 1.97. The Morgan fingerprint density at radius 3 is 2.53 bits per heavy atom. The Labute approximate surface area is 106 Å². The fourth-order valence-electron chi connectivity index (χ4n) is 2.75. The first-order valence-electron chi connectivity index (χ1n) is 7.05. The van der Waals surface area contributed by atoms with E-state index in [-0.39, 0.29) is 12.1 Å². The van der Waals surface area contributed by atoms with E-state index < -0.39 is 0 Å². The van der Waals surface area contributed by atoms with Gasteiger partial charge in [0.25, 0.3) is 0 Å². The maximum absolute atomic E-state index is 10.5. The average molecular weight is 240 g/mol. The van der Waals surface area contributed by atoms with Gasteiger partial charge < -0.3 is 10.5 Å². The van der Waals surface area contributed by atoms with Crippen LogP contribution >= 0.6 is 0 Å². The van der Waals surface area contributed by atoms with E-state index in [0.717, 1.165) is 38.5 Å². The monoisotopic (exact) mass is 240 g/mol. The molecular formula is C14H28N2O. The van der Waals surface area contributed by atoms with Crippen LogP contribution in [0.3, 0.4) is 0 Å². The van der Waals surface area contributed by atoms with Crippen LogP contribution in [0.4, 0.5) is 0 Å². The second kappa shape index (κ2) is 7.85. The molecule has 1 aliphatic carbocycles. The van der Waals surface area contributed by atoms with Gasteiger partial charge in [-0.25, -0.2) is 0 Å². The number of nitrogens with one attached hydrogen (secondary N) is 1. The van der Waals surface area contributed by atoms with Crippen LogP contribution in [-0.2, 0) is 0 Å². The minimum Gasteiger partial charge on any atom is -0.313 e. The van der Waals surface area contributed by atoms with Crippen molar-refractivity contribution in [3.05, 3.63) is 12.2 Å². The molecule has 0 aromatic rings. The highest BCUT2D eigenvalue weighted by atomic mass is 16.5. The first kappa shape index (κ1) is 14.7. The molecule has 1 rings (SSSR count). The highest BCUT2D eigenvalue weighted by Crippen LogP contribution is 2.22. The standard InChI is InChI=1S/C14H28N2O/c1-4-8-12(9-5-2)16(17)14-11-7-6-10-13(14)15-3/h6,10,12-15,17H,4-5,7-9,11H2,1-3H3/t13-,14?/m1/s1. The molecule has 0 aromatic heterocycles. The maximum Gasteiger partial charge on any atom is 0.0545 e. The third kappa shape index (κ3) is 4.09. The van der Waals surface area contributed by atoms with Gasteiger partial charge in [0.15, 0.2) is 0 Å². The van der Waals surface area contributed by atoms with Crippen molar-refractivity contribution in [3.63, 3.8) is 0 Å². The summed E-state index contributed by atoms with van der Waals surface area (Å²) < 4.78 is 0. The maximum atomic E-state index is 10.5. The van der Waals surface area contributed by atoms with Gasteiger partial charge in [0, 0.05) is 12.1 Å². The molecule has 0 amide bonds. The van der Waals surface area contributed by atoms with Crippen molar-refractivity contribution < 1.29 is 5.21 Å². The Hall–Kier alpha value is -0.380. The highest BCUT2D eigenvalue weighted by Gasteiger charge is 2.29. The van der Waals surface area contributed by atoms with Crippen molar-refractivity contribution in [2.75, 3.05) is 7.05 Å². The van der Waals surface area contributed by atoms with Gasteiger partial charge in [-0.1, -0.05) is 38.8 Å². The first-order valence-corrected chi connectivity index (χ1v) is 7.05. The topological polar surface area (TPSA) is 35.5 Å². The smallest absolute Gasteiger partial charge is 0.0545 e. The lowest BCUT2D eigenvalue weighted by Gasteiger charge is -2.38. The minimum atomic E-state index is 0.230. The van der Waals surface area contributed by atoms with Gasteiger partial charge in [-0.15, -0.1) is 0 Å². The zero-order valence-corrected chi connectivity index (χ0v) is 11.5. The fraction of sp³-hybridized carbons (Fsp3) is 0.857. The molecule has 1 unspecified atom stereocenters. The molecule has 3 nitrogen and oxygen atoms in total.